The Morgan fingerprint density at radius 3 is 2.96 bits per heavy atom. The molecule has 9 heteroatoms. The van der Waals surface area contributed by atoms with E-state index in [4.69, 9.17) is 0 Å². The highest BCUT2D eigenvalue weighted by Gasteiger charge is 2.24. The van der Waals surface area contributed by atoms with Crippen LogP contribution in [0.2, 0.25) is 0 Å². The molecule has 2 aromatic rings. The van der Waals surface area contributed by atoms with Gasteiger partial charge >= 0.3 is 0 Å². The first kappa shape index (κ1) is 15.3. The van der Waals surface area contributed by atoms with Crippen LogP contribution in [0.3, 0.4) is 0 Å². The summed E-state index contributed by atoms with van der Waals surface area (Å²) >= 11 is 0. The number of hydrogen-bond acceptors (Lipinski definition) is 5. The highest BCUT2D eigenvalue weighted by Crippen LogP contribution is 2.18. The third-order valence-corrected chi connectivity index (χ3v) is 3.75. The normalized spacial score (nSPS) is 18.0. The van der Waals surface area contributed by atoms with E-state index in [1.165, 1.54) is 17.1 Å². The number of carbonyl (C=O) groups is 1. The van der Waals surface area contributed by atoms with Crippen LogP contribution in [0.15, 0.2) is 24.5 Å². The van der Waals surface area contributed by atoms with Crippen molar-refractivity contribution >= 4 is 11.6 Å². The van der Waals surface area contributed by atoms with Gasteiger partial charge in [-0.2, -0.15) is 0 Å². The fourth-order valence-electron chi connectivity index (χ4n) is 2.63. The van der Waals surface area contributed by atoms with Gasteiger partial charge in [0.2, 0.25) is 5.91 Å². The van der Waals surface area contributed by atoms with Gasteiger partial charge in [-0.3, -0.25) is 4.79 Å². The summed E-state index contributed by atoms with van der Waals surface area (Å²) in [4.78, 5) is 14.0. The molecular weight excluding hydrogens is 306 g/mol. The van der Waals surface area contributed by atoms with Gasteiger partial charge in [-0.1, -0.05) is 0 Å². The first-order valence-electron chi connectivity index (χ1n) is 7.32. The van der Waals surface area contributed by atoms with Crippen molar-refractivity contribution in [3.05, 3.63) is 36.2 Å². The van der Waals surface area contributed by atoms with Crippen LogP contribution in [-0.2, 0) is 11.3 Å². The summed E-state index contributed by atoms with van der Waals surface area (Å²) in [6.07, 6.45) is 3.08. The molecule has 1 aliphatic heterocycles. The number of aromatic nitrogens is 4. The van der Waals surface area contributed by atoms with Gasteiger partial charge in [0.15, 0.2) is 11.6 Å². The lowest BCUT2D eigenvalue weighted by molar-refractivity contribution is -0.133. The first-order chi connectivity index (χ1) is 11.1. The van der Waals surface area contributed by atoms with Crippen molar-refractivity contribution in [3.8, 4) is 0 Å². The zero-order valence-electron chi connectivity index (χ0n) is 12.3. The smallest absolute Gasteiger partial charge is 0.244 e. The predicted octanol–water partition coefficient (Wildman–Crippen LogP) is 1.05. The van der Waals surface area contributed by atoms with Gasteiger partial charge in [0.25, 0.3) is 0 Å². The van der Waals surface area contributed by atoms with Crippen LogP contribution in [-0.4, -0.2) is 50.1 Å². The van der Waals surface area contributed by atoms with Crippen molar-refractivity contribution in [2.45, 2.75) is 25.4 Å². The van der Waals surface area contributed by atoms with Crippen LogP contribution in [0.4, 0.5) is 14.5 Å². The number of tetrazole rings is 1. The minimum atomic E-state index is -0.891. The topological polar surface area (TPSA) is 75.9 Å². The predicted molar refractivity (Wildman–Crippen MR) is 77.4 cm³/mol. The Labute approximate surface area is 131 Å². The Kier molecular flexibility index (Phi) is 4.45. The zero-order valence-corrected chi connectivity index (χ0v) is 12.3. The van der Waals surface area contributed by atoms with Gasteiger partial charge in [-0.15, -0.1) is 5.10 Å². The second-order valence-electron chi connectivity index (χ2n) is 5.46. The average molecular weight is 322 g/mol. The molecule has 1 unspecified atom stereocenters. The number of piperidine rings is 1. The quantitative estimate of drug-likeness (QED) is 0.911. The Morgan fingerprint density at radius 2 is 2.22 bits per heavy atom. The number of anilines is 1. The number of likely N-dealkylation sites (tertiary alicyclic amines) is 1. The lowest BCUT2D eigenvalue weighted by atomic mass is 10.1. The average Bonchev–Trinajstić information content (AvgIpc) is 3.04. The maximum Gasteiger partial charge on any atom is 0.244 e. The number of rotatable bonds is 4. The summed E-state index contributed by atoms with van der Waals surface area (Å²) in [5.74, 6) is -1.84. The van der Waals surface area contributed by atoms with Crippen molar-refractivity contribution in [1.82, 2.24) is 25.1 Å². The molecule has 0 radical (unpaired) electrons. The fourth-order valence-corrected chi connectivity index (χ4v) is 2.63. The highest BCUT2D eigenvalue weighted by atomic mass is 19.2. The lowest BCUT2D eigenvalue weighted by Gasteiger charge is -2.33. The van der Waals surface area contributed by atoms with Gasteiger partial charge in [0.1, 0.15) is 12.9 Å². The molecule has 0 aliphatic carbocycles. The second-order valence-corrected chi connectivity index (χ2v) is 5.46. The molecule has 23 heavy (non-hydrogen) atoms. The molecule has 1 atom stereocenters. The summed E-state index contributed by atoms with van der Waals surface area (Å²) in [5, 5.41) is 13.8. The Hall–Kier alpha value is -2.58. The van der Waals surface area contributed by atoms with Crippen LogP contribution < -0.4 is 5.32 Å². The molecule has 0 spiro atoms. The Balaban J connectivity index is 1.59. The number of nitrogens with zero attached hydrogens (tertiary/aromatic N) is 5. The summed E-state index contributed by atoms with van der Waals surface area (Å²) in [5.41, 5.74) is 0.503. The van der Waals surface area contributed by atoms with E-state index in [9.17, 15) is 13.6 Å². The van der Waals surface area contributed by atoms with E-state index in [1.807, 2.05) is 0 Å². The van der Waals surface area contributed by atoms with E-state index >= 15 is 0 Å². The van der Waals surface area contributed by atoms with Crippen molar-refractivity contribution in [3.63, 3.8) is 0 Å². The van der Waals surface area contributed by atoms with E-state index < -0.39 is 11.6 Å². The summed E-state index contributed by atoms with van der Waals surface area (Å²) in [6.45, 7) is 1.25. The van der Waals surface area contributed by atoms with Crippen molar-refractivity contribution in [2.75, 3.05) is 18.4 Å². The van der Waals surface area contributed by atoms with Gasteiger partial charge in [-0.05, 0) is 35.4 Å². The van der Waals surface area contributed by atoms with E-state index in [0.717, 1.165) is 25.0 Å². The molecule has 1 saturated heterocycles. The SMILES string of the molecule is O=C(Cn1cnnn1)N1CCCC(Nc2ccc(F)c(F)c2)C1. The molecule has 1 aromatic heterocycles. The highest BCUT2D eigenvalue weighted by molar-refractivity contribution is 5.76. The first-order valence-corrected chi connectivity index (χ1v) is 7.32. The van der Waals surface area contributed by atoms with Crippen LogP contribution >= 0.6 is 0 Å². The van der Waals surface area contributed by atoms with Crippen molar-refractivity contribution in [2.24, 2.45) is 0 Å². The number of halogens is 2. The molecular formula is C14H16F2N6O. The molecule has 122 valence electrons. The summed E-state index contributed by atoms with van der Waals surface area (Å²) < 4.78 is 27.6. The molecule has 2 heterocycles. The minimum Gasteiger partial charge on any atom is -0.380 e. The molecule has 1 fully saturated rings. The number of hydrogen-bond donors (Lipinski definition) is 1. The van der Waals surface area contributed by atoms with Gasteiger partial charge in [-0.25, -0.2) is 13.5 Å². The second kappa shape index (κ2) is 6.67. The summed E-state index contributed by atoms with van der Waals surface area (Å²) in [7, 11) is 0. The molecule has 7 nitrogen and oxygen atoms in total. The van der Waals surface area contributed by atoms with Crippen LogP contribution in [0.25, 0.3) is 0 Å². The third kappa shape index (κ3) is 3.79. The maximum absolute atomic E-state index is 13.2. The molecule has 0 saturated carbocycles. The van der Waals surface area contributed by atoms with Crippen LogP contribution in [0.5, 0.6) is 0 Å². The molecule has 1 amide bonds. The van der Waals surface area contributed by atoms with E-state index in [2.05, 4.69) is 20.8 Å². The third-order valence-electron chi connectivity index (χ3n) is 3.75. The van der Waals surface area contributed by atoms with Crippen molar-refractivity contribution < 1.29 is 13.6 Å². The maximum atomic E-state index is 13.2. The van der Waals surface area contributed by atoms with E-state index in [1.54, 1.807) is 4.90 Å². The lowest BCUT2D eigenvalue weighted by Crippen LogP contribution is -2.46. The minimum absolute atomic E-state index is 0.00793. The van der Waals surface area contributed by atoms with Gasteiger partial charge in [0, 0.05) is 30.9 Å². The molecule has 3 rings (SSSR count). The van der Waals surface area contributed by atoms with Crippen molar-refractivity contribution in [1.29, 1.82) is 0 Å². The Bertz CT molecular complexity index is 678. The largest absolute Gasteiger partial charge is 0.380 e. The summed E-state index contributed by atoms with van der Waals surface area (Å²) in [6, 6.07) is 3.69. The van der Waals surface area contributed by atoms with E-state index in [-0.39, 0.29) is 18.5 Å². The number of nitrogens with one attached hydrogen (secondary N) is 1. The molecule has 1 N–H and O–H groups in total. The number of carbonyl (C=O) groups excluding carboxylic acids is 1. The molecule has 1 aromatic carbocycles. The number of amides is 1. The van der Waals surface area contributed by atoms with Crippen LogP contribution in [0.1, 0.15) is 12.8 Å². The monoisotopic (exact) mass is 322 g/mol. The standard InChI is InChI=1S/C14H16F2N6O/c15-12-4-3-10(6-13(12)16)18-11-2-1-5-21(7-11)14(23)8-22-9-17-19-20-22/h3-4,6,9,11,18H,1-2,5,7-8H2. The molecule has 1 aliphatic rings. The Morgan fingerprint density at radius 1 is 1.35 bits per heavy atom. The van der Waals surface area contributed by atoms with Crippen LogP contribution in [0, 0.1) is 11.6 Å². The van der Waals surface area contributed by atoms with E-state index in [0.29, 0.717) is 18.8 Å². The zero-order chi connectivity index (χ0) is 16.2. The molecule has 0 bridgehead atoms. The van der Waals surface area contributed by atoms with Gasteiger partial charge in [0.05, 0.1) is 0 Å². The number of benzene rings is 1. The fraction of sp³-hybridized carbons (Fsp3) is 0.429. The van der Waals surface area contributed by atoms with Gasteiger partial charge < -0.3 is 10.2 Å².